The van der Waals surface area contributed by atoms with Gasteiger partial charge in [-0.2, -0.15) is 0 Å². The molecular formula is C13H13BrN2S. The molecular weight excluding hydrogens is 296 g/mol. The van der Waals surface area contributed by atoms with Crippen LogP contribution in [0.5, 0.6) is 0 Å². The van der Waals surface area contributed by atoms with Crippen molar-refractivity contribution >= 4 is 33.4 Å². The van der Waals surface area contributed by atoms with Crippen LogP contribution < -0.4 is 5.73 Å². The van der Waals surface area contributed by atoms with Gasteiger partial charge in [0.1, 0.15) is 0 Å². The smallest absolute Gasteiger partial charge is 0.0453 e. The maximum atomic E-state index is 5.92. The minimum absolute atomic E-state index is 0.841. The number of aromatic nitrogens is 1. The quantitative estimate of drug-likeness (QED) is 0.690. The van der Waals surface area contributed by atoms with Crippen molar-refractivity contribution in [1.82, 2.24) is 4.98 Å². The van der Waals surface area contributed by atoms with Gasteiger partial charge in [0.05, 0.1) is 0 Å². The van der Waals surface area contributed by atoms with E-state index in [9.17, 15) is 0 Å². The molecule has 0 amide bonds. The van der Waals surface area contributed by atoms with Crippen LogP contribution in [0.2, 0.25) is 0 Å². The van der Waals surface area contributed by atoms with Crippen molar-refractivity contribution in [3.05, 3.63) is 52.8 Å². The number of rotatable bonds is 4. The van der Waals surface area contributed by atoms with Crippen molar-refractivity contribution in [3.8, 4) is 0 Å². The summed E-state index contributed by atoms with van der Waals surface area (Å²) in [6, 6.07) is 10.0. The highest BCUT2D eigenvalue weighted by atomic mass is 79.9. The van der Waals surface area contributed by atoms with Gasteiger partial charge in [0.15, 0.2) is 0 Å². The first-order chi connectivity index (χ1) is 8.25. The molecule has 0 saturated heterocycles. The molecule has 2 nitrogen and oxygen atoms in total. The van der Waals surface area contributed by atoms with Crippen molar-refractivity contribution in [2.75, 3.05) is 11.5 Å². The molecule has 88 valence electrons. The van der Waals surface area contributed by atoms with E-state index in [1.54, 1.807) is 11.8 Å². The largest absolute Gasteiger partial charge is 0.398 e. The van der Waals surface area contributed by atoms with Crippen molar-refractivity contribution in [1.29, 1.82) is 0 Å². The van der Waals surface area contributed by atoms with Crippen LogP contribution in [0.4, 0.5) is 5.69 Å². The summed E-state index contributed by atoms with van der Waals surface area (Å²) in [7, 11) is 0. The molecule has 1 heterocycles. The van der Waals surface area contributed by atoms with Gasteiger partial charge in [-0.25, -0.2) is 0 Å². The summed E-state index contributed by atoms with van der Waals surface area (Å²) in [5, 5.41) is 0. The molecule has 0 unspecified atom stereocenters. The van der Waals surface area contributed by atoms with E-state index in [1.165, 1.54) is 5.56 Å². The van der Waals surface area contributed by atoms with Gasteiger partial charge in [0.25, 0.3) is 0 Å². The Morgan fingerprint density at radius 1 is 1.18 bits per heavy atom. The Balaban J connectivity index is 1.92. The van der Waals surface area contributed by atoms with Crippen LogP contribution in [0.3, 0.4) is 0 Å². The van der Waals surface area contributed by atoms with Gasteiger partial charge < -0.3 is 5.73 Å². The maximum Gasteiger partial charge on any atom is 0.0453 e. The first kappa shape index (κ1) is 12.5. The summed E-state index contributed by atoms with van der Waals surface area (Å²) in [5.74, 6) is 1.02. The van der Waals surface area contributed by atoms with Crippen molar-refractivity contribution < 1.29 is 0 Å². The van der Waals surface area contributed by atoms with E-state index in [0.29, 0.717) is 0 Å². The molecule has 4 heteroatoms. The number of nitrogens with zero attached hydrogens (tertiary/aromatic N) is 1. The molecule has 0 atom stereocenters. The van der Waals surface area contributed by atoms with E-state index in [2.05, 4.69) is 27.0 Å². The number of pyridine rings is 1. The summed E-state index contributed by atoms with van der Waals surface area (Å²) in [6.07, 6.45) is 4.68. The van der Waals surface area contributed by atoms with Crippen LogP contribution >= 0.6 is 27.7 Å². The molecule has 0 bridgehead atoms. The second kappa shape index (κ2) is 6.07. The monoisotopic (exact) mass is 308 g/mol. The fourth-order valence-electron chi connectivity index (χ4n) is 1.46. The molecule has 1 aromatic carbocycles. The molecule has 0 aliphatic carbocycles. The summed E-state index contributed by atoms with van der Waals surface area (Å²) in [6.45, 7) is 0. The summed E-state index contributed by atoms with van der Waals surface area (Å²) < 4.78 is 1.07. The SMILES string of the molecule is Nc1ccc(Br)cc1SCCc1ccncc1. The number of benzene rings is 1. The first-order valence-corrected chi connectivity index (χ1v) is 7.10. The average Bonchev–Trinajstić information content (AvgIpc) is 2.35. The second-order valence-electron chi connectivity index (χ2n) is 3.64. The first-order valence-electron chi connectivity index (χ1n) is 5.32. The van der Waals surface area contributed by atoms with E-state index >= 15 is 0 Å². The van der Waals surface area contributed by atoms with Crippen LogP contribution in [0.1, 0.15) is 5.56 Å². The third-order valence-electron chi connectivity index (χ3n) is 2.37. The molecule has 1 aromatic heterocycles. The van der Waals surface area contributed by atoms with Gasteiger partial charge in [0.2, 0.25) is 0 Å². The number of nitrogens with two attached hydrogens (primary N) is 1. The Morgan fingerprint density at radius 3 is 2.71 bits per heavy atom. The predicted molar refractivity (Wildman–Crippen MR) is 77.2 cm³/mol. The van der Waals surface area contributed by atoms with Crippen LogP contribution in [0.15, 0.2) is 52.1 Å². The van der Waals surface area contributed by atoms with Crippen molar-refractivity contribution in [2.45, 2.75) is 11.3 Å². The Kier molecular flexibility index (Phi) is 4.45. The summed E-state index contributed by atoms with van der Waals surface area (Å²) in [4.78, 5) is 5.14. The Labute approximate surface area is 114 Å². The minimum atomic E-state index is 0.841. The van der Waals surface area contributed by atoms with Crippen molar-refractivity contribution in [3.63, 3.8) is 0 Å². The number of thioether (sulfide) groups is 1. The predicted octanol–water partition coefficient (Wildman–Crippen LogP) is 3.76. The molecule has 2 aromatic rings. The minimum Gasteiger partial charge on any atom is -0.398 e. The molecule has 0 aliphatic rings. The maximum absolute atomic E-state index is 5.92. The number of anilines is 1. The lowest BCUT2D eigenvalue weighted by molar-refractivity contribution is 1.13. The van der Waals surface area contributed by atoms with E-state index < -0.39 is 0 Å². The normalized spacial score (nSPS) is 10.4. The number of aryl methyl sites for hydroxylation is 1. The molecule has 0 fully saturated rings. The number of halogens is 1. The van der Waals surface area contributed by atoms with Crippen LogP contribution in [0.25, 0.3) is 0 Å². The number of nitrogen functional groups attached to an aromatic ring is 1. The topological polar surface area (TPSA) is 38.9 Å². The zero-order chi connectivity index (χ0) is 12.1. The number of hydrogen-bond donors (Lipinski definition) is 1. The standard InChI is InChI=1S/C13H13BrN2S/c14-11-1-2-12(15)13(9-11)17-8-5-10-3-6-16-7-4-10/h1-4,6-7,9H,5,8,15H2. The van der Waals surface area contributed by atoms with Gasteiger partial charge in [-0.05, 0) is 42.3 Å². The number of hydrogen-bond acceptors (Lipinski definition) is 3. The second-order valence-corrected chi connectivity index (χ2v) is 5.69. The molecule has 0 spiro atoms. The molecule has 0 radical (unpaired) electrons. The highest BCUT2D eigenvalue weighted by Crippen LogP contribution is 2.28. The molecule has 2 N–H and O–H groups in total. The Morgan fingerprint density at radius 2 is 1.94 bits per heavy atom. The Bertz CT molecular complexity index is 488. The van der Waals surface area contributed by atoms with Gasteiger partial charge in [-0.3, -0.25) is 4.98 Å². The van der Waals surface area contributed by atoms with Gasteiger partial charge in [-0.15, -0.1) is 11.8 Å². The van der Waals surface area contributed by atoms with Crippen molar-refractivity contribution in [2.24, 2.45) is 0 Å². The molecule has 17 heavy (non-hydrogen) atoms. The van der Waals surface area contributed by atoms with Gasteiger partial charge >= 0.3 is 0 Å². The van der Waals surface area contributed by atoms with E-state index in [1.807, 2.05) is 36.7 Å². The van der Waals surface area contributed by atoms with Gasteiger partial charge in [-0.1, -0.05) is 15.9 Å². The van der Waals surface area contributed by atoms with Crippen LogP contribution in [0, 0.1) is 0 Å². The van der Waals surface area contributed by atoms with E-state index in [4.69, 9.17) is 5.73 Å². The lowest BCUT2D eigenvalue weighted by atomic mass is 10.2. The lowest BCUT2D eigenvalue weighted by Crippen LogP contribution is -1.92. The molecule has 0 aliphatic heterocycles. The zero-order valence-corrected chi connectivity index (χ0v) is 11.7. The van der Waals surface area contributed by atoms with E-state index in [-0.39, 0.29) is 0 Å². The van der Waals surface area contributed by atoms with Gasteiger partial charge in [0, 0.05) is 33.2 Å². The average molecular weight is 309 g/mol. The molecule has 2 rings (SSSR count). The Hall–Kier alpha value is -1.00. The molecule has 0 saturated carbocycles. The highest BCUT2D eigenvalue weighted by Gasteiger charge is 2.01. The van der Waals surface area contributed by atoms with Crippen LogP contribution in [-0.4, -0.2) is 10.7 Å². The zero-order valence-electron chi connectivity index (χ0n) is 9.27. The summed E-state index contributed by atoms with van der Waals surface area (Å²) >= 11 is 5.24. The van der Waals surface area contributed by atoms with Crippen LogP contribution in [-0.2, 0) is 6.42 Å². The third-order valence-corrected chi connectivity index (χ3v) is 3.94. The fraction of sp³-hybridized carbons (Fsp3) is 0.154. The van der Waals surface area contributed by atoms with E-state index in [0.717, 1.165) is 27.2 Å². The lowest BCUT2D eigenvalue weighted by Gasteiger charge is -2.06. The third kappa shape index (κ3) is 3.75. The summed E-state index contributed by atoms with van der Waals surface area (Å²) in [5.41, 5.74) is 8.06. The highest BCUT2D eigenvalue weighted by molar-refractivity contribution is 9.10. The fourth-order valence-corrected chi connectivity index (χ4v) is 2.98.